The van der Waals surface area contributed by atoms with Gasteiger partial charge in [-0.25, -0.2) is 9.97 Å². The van der Waals surface area contributed by atoms with E-state index >= 15 is 0 Å². The lowest BCUT2D eigenvalue weighted by Crippen LogP contribution is -2.43. The highest BCUT2D eigenvalue weighted by Crippen LogP contribution is 2.20. The fraction of sp³-hybridized carbons (Fsp3) is 0.462. The predicted octanol–water partition coefficient (Wildman–Crippen LogP) is 0.804. The van der Waals surface area contributed by atoms with Crippen LogP contribution in [-0.2, 0) is 4.79 Å². The fourth-order valence-electron chi connectivity index (χ4n) is 2.47. The van der Waals surface area contributed by atoms with Gasteiger partial charge in [0.1, 0.15) is 5.82 Å². The average molecular weight is 274 g/mol. The predicted molar refractivity (Wildman–Crippen MR) is 76.8 cm³/mol. The second-order valence-corrected chi connectivity index (χ2v) is 5.04. The summed E-state index contributed by atoms with van der Waals surface area (Å²) in [7, 11) is 3.67. The molecule has 0 saturated carbocycles. The fourth-order valence-corrected chi connectivity index (χ4v) is 2.47. The van der Waals surface area contributed by atoms with E-state index in [0.717, 1.165) is 23.7 Å². The Kier molecular flexibility index (Phi) is 3.17. The molecule has 1 aliphatic heterocycles. The van der Waals surface area contributed by atoms with Crippen molar-refractivity contribution in [1.82, 2.24) is 19.3 Å². The van der Waals surface area contributed by atoms with Crippen molar-refractivity contribution in [2.45, 2.75) is 18.9 Å². The van der Waals surface area contributed by atoms with E-state index in [4.69, 9.17) is 0 Å². The van der Waals surface area contributed by atoms with Crippen LogP contribution in [0.4, 0.5) is 11.6 Å². The van der Waals surface area contributed by atoms with Gasteiger partial charge >= 0.3 is 0 Å². The number of anilines is 2. The minimum atomic E-state index is 0.200. The zero-order valence-electron chi connectivity index (χ0n) is 11.6. The Hall–Kier alpha value is -2.31. The van der Waals surface area contributed by atoms with Gasteiger partial charge in [-0.2, -0.15) is 0 Å². The smallest absolute Gasteiger partial charge is 0.222 e. The quantitative estimate of drug-likeness (QED) is 0.866. The first-order valence-electron chi connectivity index (χ1n) is 6.69. The van der Waals surface area contributed by atoms with Gasteiger partial charge in [0, 0.05) is 45.5 Å². The Bertz CT molecular complexity index is 637. The lowest BCUT2D eigenvalue weighted by atomic mass is 10.1. The molecule has 3 rings (SSSR count). The van der Waals surface area contributed by atoms with Gasteiger partial charge in [0.2, 0.25) is 5.91 Å². The number of amides is 1. The van der Waals surface area contributed by atoms with Gasteiger partial charge in [0.05, 0.1) is 6.20 Å². The summed E-state index contributed by atoms with van der Waals surface area (Å²) in [5.41, 5.74) is 0.795. The minimum Gasteiger partial charge on any atom is -0.372 e. The van der Waals surface area contributed by atoms with E-state index in [9.17, 15) is 4.79 Å². The van der Waals surface area contributed by atoms with Gasteiger partial charge in [0.15, 0.2) is 11.5 Å². The molecule has 1 unspecified atom stereocenters. The Balaban J connectivity index is 1.86. The highest BCUT2D eigenvalue weighted by Gasteiger charge is 2.23. The lowest BCUT2D eigenvalue weighted by Gasteiger charge is -2.30. The zero-order valence-corrected chi connectivity index (χ0v) is 11.6. The van der Waals surface area contributed by atoms with Crippen molar-refractivity contribution in [2.24, 2.45) is 0 Å². The van der Waals surface area contributed by atoms with Crippen LogP contribution in [-0.4, -0.2) is 51.9 Å². The number of hydrogen-bond donors (Lipinski definition) is 2. The van der Waals surface area contributed by atoms with Crippen molar-refractivity contribution in [3.8, 4) is 0 Å². The number of nitrogens with one attached hydrogen (secondary N) is 2. The van der Waals surface area contributed by atoms with E-state index in [1.54, 1.807) is 11.1 Å². The largest absolute Gasteiger partial charge is 0.372 e. The van der Waals surface area contributed by atoms with Crippen molar-refractivity contribution in [3.05, 3.63) is 18.6 Å². The van der Waals surface area contributed by atoms with Crippen molar-refractivity contribution < 1.29 is 4.79 Å². The van der Waals surface area contributed by atoms with Crippen LogP contribution in [0.1, 0.15) is 12.8 Å². The van der Waals surface area contributed by atoms with E-state index in [1.165, 1.54) is 0 Å². The highest BCUT2D eigenvalue weighted by molar-refractivity contribution is 5.77. The summed E-state index contributed by atoms with van der Waals surface area (Å²) in [6, 6.07) is 0.206. The molecule has 7 nitrogen and oxygen atoms in total. The minimum absolute atomic E-state index is 0.200. The van der Waals surface area contributed by atoms with Gasteiger partial charge in [-0.15, -0.1) is 0 Å². The summed E-state index contributed by atoms with van der Waals surface area (Å²) in [5.74, 6) is 1.72. The molecule has 2 N–H and O–H groups in total. The van der Waals surface area contributed by atoms with Gasteiger partial charge in [-0.05, 0) is 6.42 Å². The SMILES string of the molecule is CNc1cn2ccnc2c(NC2CCC(=O)N(C)C2)n1. The molecule has 20 heavy (non-hydrogen) atoms. The van der Waals surface area contributed by atoms with E-state index < -0.39 is 0 Å². The monoisotopic (exact) mass is 274 g/mol. The third-order valence-corrected chi connectivity index (χ3v) is 3.60. The van der Waals surface area contributed by atoms with Crippen LogP contribution in [0.3, 0.4) is 0 Å². The number of carbonyl (C=O) groups is 1. The molecule has 106 valence electrons. The first kappa shape index (κ1) is 12.7. The first-order valence-corrected chi connectivity index (χ1v) is 6.69. The van der Waals surface area contributed by atoms with Gasteiger partial charge in [-0.3, -0.25) is 4.79 Å². The van der Waals surface area contributed by atoms with Crippen LogP contribution in [0.25, 0.3) is 5.65 Å². The van der Waals surface area contributed by atoms with Crippen LogP contribution >= 0.6 is 0 Å². The summed E-state index contributed by atoms with van der Waals surface area (Å²) in [4.78, 5) is 22.1. The molecule has 1 amide bonds. The molecule has 1 aliphatic rings. The normalized spacial score (nSPS) is 19.4. The molecule has 7 heteroatoms. The molecule has 0 aliphatic carbocycles. The molecule has 1 atom stereocenters. The maximum absolute atomic E-state index is 11.5. The number of piperidine rings is 1. The number of fused-ring (bicyclic) bond motifs is 1. The molecule has 3 heterocycles. The van der Waals surface area contributed by atoms with Crippen LogP contribution in [0, 0.1) is 0 Å². The van der Waals surface area contributed by atoms with Crippen LogP contribution in [0.5, 0.6) is 0 Å². The average Bonchev–Trinajstić information content (AvgIpc) is 2.91. The van der Waals surface area contributed by atoms with Crippen molar-refractivity contribution in [2.75, 3.05) is 31.3 Å². The molecule has 0 spiro atoms. The molecule has 1 saturated heterocycles. The Morgan fingerprint density at radius 1 is 1.45 bits per heavy atom. The van der Waals surface area contributed by atoms with Crippen molar-refractivity contribution in [3.63, 3.8) is 0 Å². The number of carbonyl (C=O) groups excluding carboxylic acids is 1. The number of hydrogen-bond acceptors (Lipinski definition) is 5. The third-order valence-electron chi connectivity index (χ3n) is 3.60. The zero-order chi connectivity index (χ0) is 14.1. The molecular weight excluding hydrogens is 256 g/mol. The van der Waals surface area contributed by atoms with E-state index in [2.05, 4.69) is 20.6 Å². The van der Waals surface area contributed by atoms with Gasteiger partial charge < -0.3 is 19.9 Å². The molecular formula is C13H18N6O. The Morgan fingerprint density at radius 2 is 2.30 bits per heavy atom. The topological polar surface area (TPSA) is 74.6 Å². The Morgan fingerprint density at radius 3 is 3.05 bits per heavy atom. The van der Waals surface area contributed by atoms with E-state index in [0.29, 0.717) is 13.0 Å². The number of likely N-dealkylation sites (N-methyl/N-ethyl adjacent to an activating group) is 1. The third kappa shape index (κ3) is 2.26. The van der Waals surface area contributed by atoms with Crippen molar-refractivity contribution >= 4 is 23.2 Å². The highest BCUT2D eigenvalue weighted by atomic mass is 16.2. The number of likely N-dealkylation sites (tertiary alicyclic amines) is 1. The number of imidazole rings is 1. The van der Waals surface area contributed by atoms with Crippen LogP contribution < -0.4 is 10.6 Å². The molecule has 0 radical (unpaired) electrons. The lowest BCUT2D eigenvalue weighted by molar-refractivity contribution is -0.132. The number of rotatable bonds is 3. The van der Waals surface area contributed by atoms with Crippen molar-refractivity contribution in [1.29, 1.82) is 0 Å². The summed E-state index contributed by atoms with van der Waals surface area (Å²) in [5, 5.41) is 6.45. The molecule has 2 aromatic heterocycles. The van der Waals surface area contributed by atoms with E-state index in [1.807, 2.05) is 30.9 Å². The maximum atomic E-state index is 11.5. The molecule has 1 fully saturated rings. The Labute approximate surface area is 117 Å². The standard InChI is InChI=1S/C13H18N6O/c1-14-10-8-19-6-5-15-13(19)12(17-10)16-9-3-4-11(20)18(2)7-9/h5-6,8-9,14H,3-4,7H2,1-2H3,(H,16,17). The maximum Gasteiger partial charge on any atom is 0.222 e. The van der Waals surface area contributed by atoms with Gasteiger partial charge in [0.25, 0.3) is 0 Å². The summed E-state index contributed by atoms with van der Waals surface area (Å²) in [6.45, 7) is 0.692. The summed E-state index contributed by atoms with van der Waals surface area (Å²) < 4.78 is 1.93. The number of aromatic nitrogens is 3. The van der Waals surface area contributed by atoms with Gasteiger partial charge in [-0.1, -0.05) is 0 Å². The summed E-state index contributed by atoms with van der Waals surface area (Å²) >= 11 is 0. The second-order valence-electron chi connectivity index (χ2n) is 5.04. The van der Waals surface area contributed by atoms with E-state index in [-0.39, 0.29) is 11.9 Å². The second kappa shape index (κ2) is 4.99. The summed E-state index contributed by atoms with van der Waals surface area (Å²) in [6.07, 6.45) is 6.92. The molecule has 2 aromatic rings. The first-order chi connectivity index (χ1) is 9.67. The van der Waals surface area contributed by atoms with Crippen LogP contribution in [0.2, 0.25) is 0 Å². The number of nitrogens with zero attached hydrogens (tertiary/aromatic N) is 4. The molecule has 0 aromatic carbocycles. The molecule has 0 bridgehead atoms. The van der Waals surface area contributed by atoms with Crippen LogP contribution in [0.15, 0.2) is 18.6 Å².